The molecule has 17 heavy (non-hydrogen) atoms. The fourth-order valence-corrected chi connectivity index (χ4v) is 2.41. The first kappa shape index (κ1) is 12.5. The van der Waals surface area contributed by atoms with E-state index in [1.807, 2.05) is 19.3 Å². The van der Waals surface area contributed by atoms with E-state index in [-0.39, 0.29) is 0 Å². The molecule has 2 heterocycles. The van der Waals surface area contributed by atoms with Crippen molar-refractivity contribution in [2.24, 2.45) is 0 Å². The molecule has 94 valence electrons. The van der Waals surface area contributed by atoms with Gasteiger partial charge in [-0.2, -0.15) is 10.2 Å². The maximum Gasteiger partial charge on any atom is 0.0576 e. The summed E-state index contributed by atoms with van der Waals surface area (Å²) in [6.07, 6.45) is 10.1. The molecule has 1 saturated heterocycles. The average Bonchev–Trinajstić information content (AvgIpc) is 2.89. The first-order valence-electron chi connectivity index (χ1n) is 6.45. The summed E-state index contributed by atoms with van der Waals surface area (Å²) in [6.45, 7) is 0.953. The lowest BCUT2D eigenvalue weighted by Gasteiger charge is -2.17. The zero-order chi connectivity index (χ0) is 11.9. The third-order valence-corrected chi connectivity index (χ3v) is 3.40. The van der Waals surface area contributed by atoms with Gasteiger partial charge in [0, 0.05) is 18.8 Å². The Labute approximate surface area is 103 Å². The summed E-state index contributed by atoms with van der Waals surface area (Å²) in [5.74, 6) is 0. The molecular weight excluding hydrogens is 214 g/mol. The molecule has 1 fully saturated rings. The number of rotatable bonds is 6. The second kappa shape index (κ2) is 6.67. The number of hydrogen-bond donors (Lipinski definition) is 1. The van der Waals surface area contributed by atoms with Gasteiger partial charge in [-0.05, 0) is 50.8 Å². The average molecular weight is 235 g/mol. The standard InChI is InChI=1S/C13H21N3O/c1-14-13(11-7-8-15-16-10-11)6-2-4-12-5-3-9-17-12/h7-8,10,12-14H,2-6,9H2,1H3. The Kier molecular flexibility index (Phi) is 4.88. The normalized spacial score (nSPS) is 21.6. The lowest BCUT2D eigenvalue weighted by atomic mass is 10.0. The van der Waals surface area contributed by atoms with E-state index < -0.39 is 0 Å². The zero-order valence-electron chi connectivity index (χ0n) is 10.4. The first-order chi connectivity index (χ1) is 8.40. The molecule has 2 unspecified atom stereocenters. The summed E-state index contributed by atoms with van der Waals surface area (Å²) >= 11 is 0. The molecule has 0 amide bonds. The van der Waals surface area contributed by atoms with E-state index >= 15 is 0 Å². The van der Waals surface area contributed by atoms with Crippen LogP contribution < -0.4 is 5.32 Å². The largest absolute Gasteiger partial charge is 0.378 e. The maximum absolute atomic E-state index is 5.63. The van der Waals surface area contributed by atoms with Crippen molar-refractivity contribution in [1.29, 1.82) is 0 Å². The molecule has 0 spiro atoms. The summed E-state index contributed by atoms with van der Waals surface area (Å²) in [5, 5.41) is 11.1. The van der Waals surface area contributed by atoms with Crippen LogP contribution in [0.15, 0.2) is 18.5 Å². The highest BCUT2D eigenvalue weighted by Crippen LogP contribution is 2.22. The van der Waals surface area contributed by atoms with Crippen LogP contribution in [0, 0.1) is 0 Å². The van der Waals surface area contributed by atoms with E-state index in [2.05, 4.69) is 15.5 Å². The Morgan fingerprint density at radius 1 is 1.53 bits per heavy atom. The second-order valence-electron chi connectivity index (χ2n) is 4.58. The molecule has 4 nitrogen and oxygen atoms in total. The molecule has 1 aliphatic rings. The second-order valence-corrected chi connectivity index (χ2v) is 4.58. The van der Waals surface area contributed by atoms with Crippen LogP contribution in [0.5, 0.6) is 0 Å². The van der Waals surface area contributed by atoms with E-state index in [1.165, 1.54) is 31.2 Å². The summed E-state index contributed by atoms with van der Waals surface area (Å²) in [6, 6.07) is 2.41. The quantitative estimate of drug-likeness (QED) is 0.820. The molecule has 1 N–H and O–H groups in total. The van der Waals surface area contributed by atoms with Crippen molar-refractivity contribution in [3.05, 3.63) is 24.0 Å². The van der Waals surface area contributed by atoms with E-state index in [0.717, 1.165) is 13.0 Å². The molecule has 0 aliphatic carbocycles. The Morgan fingerprint density at radius 3 is 3.12 bits per heavy atom. The molecule has 0 aromatic carbocycles. The lowest BCUT2D eigenvalue weighted by Crippen LogP contribution is -2.17. The molecule has 1 aromatic rings. The zero-order valence-corrected chi connectivity index (χ0v) is 10.4. The maximum atomic E-state index is 5.63. The molecule has 0 bridgehead atoms. The molecule has 1 aliphatic heterocycles. The Morgan fingerprint density at radius 2 is 2.47 bits per heavy atom. The summed E-state index contributed by atoms with van der Waals surface area (Å²) in [5.41, 5.74) is 1.22. The van der Waals surface area contributed by atoms with Crippen molar-refractivity contribution in [2.45, 2.75) is 44.2 Å². The summed E-state index contributed by atoms with van der Waals surface area (Å²) < 4.78 is 5.63. The van der Waals surface area contributed by atoms with Crippen molar-refractivity contribution in [3.8, 4) is 0 Å². The van der Waals surface area contributed by atoms with Gasteiger partial charge < -0.3 is 10.1 Å². The predicted octanol–water partition coefficient (Wildman–Crippen LogP) is 2.09. The Balaban J connectivity index is 1.75. The lowest BCUT2D eigenvalue weighted by molar-refractivity contribution is 0.101. The number of hydrogen-bond acceptors (Lipinski definition) is 4. The van der Waals surface area contributed by atoms with Crippen molar-refractivity contribution >= 4 is 0 Å². The molecule has 4 heteroatoms. The first-order valence-corrected chi connectivity index (χ1v) is 6.45. The monoisotopic (exact) mass is 235 g/mol. The van der Waals surface area contributed by atoms with Crippen LogP contribution in [0.3, 0.4) is 0 Å². The van der Waals surface area contributed by atoms with Gasteiger partial charge in [-0.25, -0.2) is 0 Å². The summed E-state index contributed by atoms with van der Waals surface area (Å²) in [7, 11) is 2.00. The van der Waals surface area contributed by atoms with Gasteiger partial charge in [0.1, 0.15) is 0 Å². The highest BCUT2D eigenvalue weighted by molar-refractivity contribution is 5.10. The van der Waals surface area contributed by atoms with Crippen LogP contribution in [0.1, 0.15) is 43.7 Å². The van der Waals surface area contributed by atoms with Crippen LogP contribution in [0.2, 0.25) is 0 Å². The minimum Gasteiger partial charge on any atom is -0.378 e. The number of aromatic nitrogens is 2. The Hall–Kier alpha value is -1.00. The highest BCUT2D eigenvalue weighted by Gasteiger charge is 2.16. The van der Waals surface area contributed by atoms with Crippen molar-refractivity contribution in [3.63, 3.8) is 0 Å². The van der Waals surface area contributed by atoms with E-state index in [0.29, 0.717) is 12.1 Å². The molecule has 2 atom stereocenters. The van der Waals surface area contributed by atoms with Crippen LogP contribution in [0.4, 0.5) is 0 Å². The molecular formula is C13H21N3O. The number of nitrogens with one attached hydrogen (secondary N) is 1. The van der Waals surface area contributed by atoms with Gasteiger partial charge in [-0.3, -0.25) is 0 Å². The van der Waals surface area contributed by atoms with Gasteiger partial charge in [0.2, 0.25) is 0 Å². The van der Waals surface area contributed by atoms with Gasteiger partial charge >= 0.3 is 0 Å². The summed E-state index contributed by atoms with van der Waals surface area (Å²) in [4.78, 5) is 0. The molecule has 0 saturated carbocycles. The molecule has 0 radical (unpaired) electrons. The van der Waals surface area contributed by atoms with Crippen molar-refractivity contribution < 1.29 is 4.74 Å². The van der Waals surface area contributed by atoms with Crippen LogP contribution in [0.25, 0.3) is 0 Å². The highest BCUT2D eigenvalue weighted by atomic mass is 16.5. The van der Waals surface area contributed by atoms with Crippen LogP contribution in [-0.2, 0) is 4.74 Å². The van der Waals surface area contributed by atoms with E-state index in [9.17, 15) is 0 Å². The molecule has 2 rings (SSSR count). The SMILES string of the molecule is CNC(CCCC1CCCO1)c1ccnnc1. The number of ether oxygens (including phenoxy) is 1. The predicted molar refractivity (Wildman–Crippen MR) is 66.7 cm³/mol. The Bertz CT molecular complexity index is 312. The van der Waals surface area contributed by atoms with Gasteiger partial charge in [0.15, 0.2) is 0 Å². The van der Waals surface area contributed by atoms with Gasteiger partial charge in [0.25, 0.3) is 0 Å². The minimum absolute atomic E-state index is 0.381. The third kappa shape index (κ3) is 3.75. The third-order valence-electron chi connectivity index (χ3n) is 3.40. The topological polar surface area (TPSA) is 47.0 Å². The molecule has 1 aromatic heterocycles. The van der Waals surface area contributed by atoms with Crippen LogP contribution >= 0.6 is 0 Å². The minimum atomic E-state index is 0.381. The fourth-order valence-electron chi connectivity index (χ4n) is 2.41. The van der Waals surface area contributed by atoms with Gasteiger partial charge in [0.05, 0.1) is 12.3 Å². The smallest absolute Gasteiger partial charge is 0.0576 e. The van der Waals surface area contributed by atoms with Gasteiger partial charge in [-0.1, -0.05) is 0 Å². The van der Waals surface area contributed by atoms with E-state index in [4.69, 9.17) is 4.74 Å². The fraction of sp³-hybridized carbons (Fsp3) is 0.692. The van der Waals surface area contributed by atoms with Crippen molar-refractivity contribution in [2.75, 3.05) is 13.7 Å². The van der Waals surface area contributed by atoms with Crippen molar-refractivity contribution in [1.82, 2.24) is 15.5 Å². The van der Waals surface area contributed by atoms with Crippen LogP contribution in [-0.4, -0.2) is 30.0 Å². The van der Waals surface area contributed by atoms with Gasteiger partial charge in [-0.15, -0.1) is 0 Å². The number of nitrogens with zero attached hydrogens (tertiary/aromatic N) is 2. The van der Waals surface area contributed by atoms with E-state index in [1.54, 1.807) is 6.20 Å².